The van der Waals surface area contributed by atoms with Crippen molar-refractivity contribution in [3.8, 4) is 0 Å². The maximum Gasteiger partial charge on any atom is 0.193 e. The van der Waals surface area contributed by atoms with Gasteiger partial charge in [-0.2, -0.15) is 0 Å². The molecule has 0 spiro atoms. The molecule has 4 heterocycles. The lowest BCUT2D eigenvalue weighted by molar-refractivity contribution is 0.0767. The van der Waals surface area contributed by atoms with Crippen LogP contribution in [0.15, 0.2) is 22.5 Å². The van der Waals surface area contributed by atoms with Crippen LogP contribution in [0.1, 0.15) is 17.7 Å². The van der Waals surface area contributed by atoms with Crippen molar-refractivity contribution in [1.82, 2.24) is 10.2 Å². The molecular formula is C15H21N3OS. The quantitative estimate of drug-likeness (QED) is 0.668. The number of guanidine groups is 1. The minimum Gasteiger partial charge on any atom is -0.374 e. The molecule has 1 N–H and O–H groups in total. The van der Waals surface area contributed by atoms with Crippen molar-refractivity contribution in [1.29, 1.82) is 0 Å². The van der Waals surface area contributed by atoms with Crippen LogP contribution in [-0.2, 0) is 11.3 Å². The van der Waals surface area contributed by atoms with Crippen LogP contribution in [0, 0.1) is 11.8 Å². The summed E-state index contributed by atoms with van der Waals surface area (Å²) in [6.45, 7) is 3.09. The van der Waals surface area contributed by atoms with Crippen LogP contribution < -0.4 is 5.32 Å². The molecular weight excluding hydrogens is 270 g/mol. The van der Waals surface area contributed by atoms with E-state index in [0.29, 0.717) is 12.2 Å². The van der Waals surface area contributed by atoms with Crippen molar-refractivity contribution in [2.24, 2.45) is 16.8 Å². The van der Waals surface area contributed by atoms with E-state index in [1.165, 1.54) is 17.7 Å². The summed E-state index contributed by atoms with van der Waals surface area (Å²) in [4.78, 5) is 8.25. The molecule has 3 saturated heterocycles. The third-order valence-electron chi connectivity index (χ3n) is 4.96. The zero-order valence-electron chi connectivity index (χ0n) is 11.8. The Balaban J connectivity index is 1.40. The maximum atomic E-state index is 6.03. The molecule has 4 nitrogen and oxygen atoms in total. The Morgan fingerprint density at radius 2 is 2.15 bits per heavy atom. The van der Waals surface area contributed by atoms with Gasteiger partial charge in [0.15, 0.2) is 5.96 Å². The first-order valence-electron chi connectivity index (χ1n) is 7.48. The summed E-state index contributed by atoms with van der Waals surface area (Å²) in [6, 6.07) is 4.26. The van der Waals surface area contributed by atoms with E-state index in [2.05, 4.69) is 32.7 Å². The minimum atomic E-state index is 0.519. The van der Waals surface area contributed by atoms with Gasteiger partial charge in [-0.05, 0) is 24.3 Å². The van der Waals surface area contributed by atoms with Gasteiger partial charge in [-0.3, -0.25) is 4.99 Å². The summed E-state index contributed by atoms with van der Waals surface area (Å²) in [5.41, 5.74) is 0. The van der Waals surface area contributed by atoms with E-state index in [9.17, 15) is 0 Å². The molecule has 108 valence electrons. The van der Waals surface area contributed by atoms with Gasteiger partial charge in [-0.1, -0.05) is 6.07 Å². The van der Waals surface area contributed by atoms with Crippen LogP contribution >= 0.6 is 11.3 Å². The molecule has 0 aliphatic carbocycles. The van der Waals surface area contributed by atoms with Crippen molar-refractivity contribution in [2.45, 2.75) is 31.6 Å². The highest BCUT2D eigenvalue weighted by Crippen LogP contribution is 2.47. The van der Waals surface area contributed by atoms with E-state index in [-0.39, 0.29) is 0 Å². The molecule has 1 aromatic heterocycles. The highest BCUT2D eigenvalue weighted by atomic mass is 32.1. The van der Waals surface area contributed by atoms with Crippen molar-refractivity contribution in [3.05, 3.63) is 22.4 Å². The van der Waals surface area contributed by atoms with E-state index in [0.717, 1.165) is 37.4 Å². The zero-order chi connectivity index (χ0) is 13.5. The number of nitrogens with zero attached hydrogens (tertiary/aromatic N) is 2. The van der Waals surface area contributed by atoms with Crippen LogP contribution in [0.4, 0.5) is 0 Å². The molecule has 5 heteroatoms. The van der Waals surface area contributed by atoms with Crippen LogP contribution in [0.2, 0.25) is 0 Å². The standard InChI is InChI=1S/C15H21N3OS/c1-16-15(17-7-10-3-2-6-20-10)18-8-11-12(9-18)14-5-4-13(11)19-14/h2-3,6,11-14H,4-5,7-9H2,1H3,(H,16,17). The Kier molecular flexibility index (Phi) is 3.19. The van der Waals surface area contributed by atoms with Crippen LogP contribution in [0.25, 0.3) is 0 Å². The van der Waals surface area contributed by atoms with Gasteiger partial charge in [0.2, 0.25) is 0 Å². The Labute approximate surface area is 123 Å². The molecule has 1 aromatic rings. The second-order valence-electron chi connectivity index (χ2n) is 6.00. The second-order valence-corrected chi connectivity index (χ2v) is 7.04. The Hall–Kier alpha value is -1.07. The lowest BCUT2D eigenvalue weighted by atomic mass is 9.82. The van der Waals surface area contributed by atoms with E-state index in [4.69, 9.17) is 4.74 Å². The average Bonchev–Trinajstić information content (AvgIpc) is 3.22. The van der Waals surface area contributed by atoms with E-state index in [1.54, 1.807) is 11.3 Å². The number of hydrogen-bond donors (Lipinski definition) is 1. The monoisotopic (exact) mass is 291 g/mol. The molecule has 3 fully saturated rings. The number of hydrogen-bond acceptors (Lipinski definition) is 3. The fourth-order valence-corrected chi connectivity index (χ4v) is 4.69. The summed E-state index contributed by atoms with van der Waals surface area (Å²) < 4.78 is 6.03. The lowest BCUT2D eigenvalue weighted by Crippen LogP contribution is -2.40. The number of ether oxygens (including phenoxy) is 1. The van der Waals surface area contributed by atoms with Crippen molar-refractivity contribution in [3.63, 3.8) is 0 Å². The Morgan fingerprint density at radius 3 is 2.75 bits per heavy atom. The Morgan fingerprint density at radius 1 is 1.40 bits per heavy atom. The fourth-order valence-electron chi connectivity index (χ4n) is 4.04. The highest BCUT2D eigenvalue weighted by Gasteiger charge is 2.53. The summed E-state index contributed by atoms with van der Waals surface area (Å²) in [7, 11) is 1.88. The van der Waals surface area contributed by atoms with Crippen molar-refractivity contribution in [2.75, 3.05) is 20.1 Å². The molecule has 3 aliphatic heterocycles. The van der Waals surface area contributed by atoms with Gasteiger partial charge in [0.25, 0.3) is 0 Å². The first-order chi connectivity index (χ1) is 9.85. The molecule has 4 rings (SSSR count). The minimum absolute atomic E-state index is 0.519. The number of nitrogens with one attached hydrogen (secondary N) is 1. The zero-order valence-corrected chi connectivity index (χ0v) is 12.6. The SMILES string of the molecule is CN=C(NCc1cccs1)N1CC2C3CCC(O3)C2C1. The van der Waals surface area contributed by atoms with Gasteiger partial charge in [0, 0.05) is 36.9 Å². The van der Waals surface area contributed by atoms with Gasteiger partial charge in [-0.25, -0.2) is 0 Å². The van der Waals surface area contributed by atoms with Gasteiger partial charge in [0.1, 0.15) is 0 Å². The maximum absolute atomic E-state index is 6.03. The van der Waals surface area contributed by atoms with Crippen LogP contribution in [0.5, 0.6) is 0 Å². The van der Waals surface area contributed by atoms with Gasteiger partial charge in [0.05, 0.1) is 18.8 Å². The molecule has 0 amide bonds. The number of aliphatic imine (C=N–C) groups is 1. The van der Waals surface area contributed by atoms with Crippen molar-refractivity contribution < 1.29 is 4.74 Å². The lowest BCUT2D eigenvalue weighted by Gasteiger charge is -2.23. The first-order valence-corrected chi connectivity index (χ1v) is 8.36. The third kappa shape index (κ3) is 2.04. The molecule has 20 heavy (non-hydrogen) atoms. The average molecular weight is 291 g/mol. The molecule has 3 aliphatic rings. The number of thiophene rings is 1. The highest BCUT2D eigenvalue weighted by molar-refractivity contribution is 7.09. The molecule has 4 unspecified atom stereocenters. The fraction of sp³-hybridized carbons (Fsp3) is 0.667. The van der Waals surface area contributed by atoms with Gasteiger partial charge >= 0.3 is 0 Å². The van der Waals surface area contributed by atoms with Crippen LogP contribution in [0.3, 0.4) is 0 Å². The predicted molar refractivity (Wildman–Crippen MR) is 81.0 cm³/mol. The van der Waals surface area contributed by atoms with Gasteiger partial charge < -0.3 is 15.0 Å². The molecule has 2 bridgehead atoms. The summed E-state index contributed by atoms with van der Waals surface area (Å²) in [5, 5.41) is 5.62. The summed E-state index contributed by atoms with van der Waals surface area (Å²) in [6.07, 6.45) is 3.57. The molecule has 4 atom stereocenters. The molecule has 0 saturated carbocycles. The molecule has 0 aromatic carbocycles. The van der Waals surface area contributed by atoms with E-state index in [1.807, 2.05) is 7.05 Å². The predicted octanol–water partition coefficient (Wildman–Crippen LogP) is 1.93. The number of likely N-dealkylation sites (tertiary alicyclic amines) is 1. The summed E-state index contributed by atoms with van der Waals surface area (Å²) in [5.74, 6) is 2.51. The Bertz CT molecular complexity index is 483. The van der Waals surface area contributed by atoms with Gasteiger partial charge in [-0.15, -0.1) is 11.3 Å². The smallest absolute Gasteiger partial charge is 0.193 e. The molecule has 0 radical (unpaired) electrons. The van der Waals surface area contributed by atoms with E-state index < -0.39 is 0 Å². The second kappa shape index (κ2) is 5.04. The number of rotatable bonds is 2. The first kappa shape index (κ1) is 12.7. The topological polar surface area (TPSA) is 36.9 Å². The summed E-state index contributed by atoms with van der Waals surface area (Å²) >= 11 is 1.79. The van der Waals surface area contributed by atoms with Crippen molar-refractivity contribution >= 4 is 17.3 Å². The largest absolute Gasteiger partial charge is 0.374 e. The third-order valence-corrected chi connectivity index (χ3v) is 5.84. The normalized spacial score (nSPS) is 35.6. The van der Waals surface area contributed by atoms with E-state index >= 15 is 0 Å². The van der Waals surface area contributed by atoms with Crippen LogP contribution in [-0.4, -0.2) is 43.2 Å². The number of fused-ring (bicyclic) bond motifs is 5.